The van der Waals surface area contributed by atoms with E-state index in [9.17, 15) is 4.79 Å². The smallest absolute Gasteiger partial charge is 0.276 e. The summed E-state index contributed by atoms with van der Waals surface area (Å²) in [6.45, 7) is 7.88. The molecule has 1 amide bonds. The summed E-state index contributed by atoms with van der Waals surface area (Å²) >= 11 is 0. The van der Waals surface area contributed by atoms with E-state index in [-0.39, 0.29) is 17.9 Å². The molecule has 0 aliphatic carbocycles. The van der Waals surface area contributed by atoms with Gasteiger partial charge in [-0.15, -0.1) is 0 Å². The highest BCUT2D eigenvalue weighted by Gasteiger charge is 2.25. The van der Waals surface area contributed by atoms with Gasteiger partial charge in [0.25, 0.3) is 5.91 Å². The second-order valence-corrected chi connectivity index (χ2v) is 12.6. The van der Waals surface area contributed by atoms with E-state index in [4.69, 9.17) is 4.74 Å². The van der Waals surface area contributed by atoms with Crippen LogP contribution >= 0.6 is 0 Å². The maximum Gasteiger partial charge on any atom is 0.276 e. The first kappa shape index (κ1) is 31.7. The lowest BCUT2D eigenvalue weighted by atomic mass is 9.90. The average Bonchev–Trinajstić information content (AvgIpc) is 3.11. The Morgan fingerprint density at radius 3 is 2.13 bits per heavy atom. The van der Waals surface area contributed by atoms with Crippen molar-refractivity contribution in [3.05, 3.63) is 138 Å². The number of hydrogen-bond donors (Lipinski definition) is 0. The number of rotatable bonds is 11. The topological polar surface area (TPSA) is 48.4 Å². The number of likely N-dealkylation sites (tertiary alicyclic amines) is 1. The van der Waals surface area contributed by atoms with Gasteiger partial charge in [0.15, 0.2) is 0 Å². The van der Waals surface area contributed by atoms with E-state index >= 15 is 0 Å². The van der Waals surface area contributed by atoms with Crippen LogP contribution in [0, 0.1) is 12.1 Å². The molecule has 1 unspecified atom stereocenters. The van der Waals surface area contributed by atoms with Crippen LogP contribution in [-0.2, 0) is 0 Å². The Kier molecular flexibility index (Phi) is 10.9. The van der Waals surface area contributed by atoms with Crippen molar-refractivity contribution in [2.24, 2.45) is 4.99 Å². The minimum atomic E-state index is -0.247. The fourth-order valence-electron chi connectivity index (χ4n) is 6.51. The number of ether oxygens (including phenoxy) is 1. The molecule has 2 heterocycles. The molecule has 0 bridgehead atoms. The Labute approximate surface area is 274 Å². The van der Waals surface area contributed by atoms with Crippen molar-refractivity contribution in [3.8, 4) is 5.75 Å². The van der Waals surface area contributed by atoms with Crippen molar-refractivity contribution in [2.75, 3.05) is 59.4 Å². The summed E-state index contributed by atoms with van der Waals surface area (Å²) in [4.78, 5) is 25.0. The van der Waals surface area contributed by atoms with Crippen molar-refractivity contribution in [1.82, 2.24) is 14.7 Å². The Hall–Kier alpha value is -4.28. The SMILES string of the molecule is CN1CCN(CC(C=NC(=O)c2cccc(OC3CCN(CC(c4ccccc4)c4ccccc4)CC3)c2)c2cc#ccc2)CC1. The van der Waals surface area contributed by atoms with Gasteiger partial charge in [-0.25, -0.2) is 4.99 Å². The van der Waals surface area contributed by atoms with E-state index in [0.29, 0.717) is 11.5 Å². The molecular formula is C40H44N4O2. The second kappa shape index (κ2) is 15.8. The number of aliphatic imine (C=N–C) groups is 1. The first-order valence-electron chi connectivity index (χ1n) is 16.6. The van der Waals surface area contributed by atoms with Crippen LogP contribution in [0.5, 0.6) is 5.75 Å². The minimum absolute atomic E-state index is 0.00574. The van der Waals surface area contributed by atoms with Crippen LogP contribution in [0.25, 0.3) is 0 Å². The van der Waals surface area contributed by atoms with E-state index < -0.39 is 0 Å². The molecule has 46 heavy (non-hydrogen) atoms. The van der Waals surface area contributed by atoms with Crippen molar-refractivity contribution >= 4 is 12.1 Å². The quantitative estimate of drug-likeness (QED) is 0.189. The lowest BCUT2D eigenvalue weighted by molar-refractivity contribution is 0.0971. The lowest BCUT2D eigenvalue weighted by Crippen LogP contribution is -2.45. The van der Waals surface area contributed by atoms with Crippen LogP contribution in [0.4, 0.5) is 0 Å². The van der Waals surface area contributed by atoms with Gasteiger partial charge in [-0.3, -0.25) is 9.69 Å². The van der Waals surface area contributed by atoms with Gasteiger partial charge >= 0.3 is 0 Å². The average molecular weight is 613 g/mol. The van der Waals surface area contributed by atoms with Crippen molar-refractivity contribution in [3.63, 3.8) is 0 Å². The Bertz CT molecular complexity index is 1490. The molecule has 0 radical (unpaired) electrons. The second-order valence-electron chi connectivity index (χ2n) is 12.6. The highest BCUT2D eigenvalue weighted by atomic mass is 16.5. The Morgan fingerprint density at radius 1 is 0.804 bits per heavy atom. The maximum atomic E-state index is 13.2. The molecule has 2 aliphatic heterocycles. The van der Waals surface area contributed by atoms with Gasteiger partial charge in [0.2, 0.25) is 0 Å². The molecule has 0 N–H and O–H groups in total. The van der Waals surface area contributed by atoms with E-state index in [1.807, 2.05) is 48.7 Å². The van der Waals surface area contributed by atoms with Crippen LogP contribution in [0.2, 0.25) is 0 Å². The monoisotopic (exact) mass is 612 g/mol. The van der Waals surface area contributed by atoms with Gasteiger partial charge < -0.3 is 14.5 Å². The van der Waals surface area contributed by atoms with Crippen LogP contribution in [0.3, 0.4) is 0 Å². The first-order chi connectivity index (χ1) is 22.6. The summed E-state index contributed by atoms with van der Waals surface area (Å²) in [5, 5.41) is 0. The third-order valence-electron chi connectivity index (χ3n) is 9.29. The number of nitrogens with zero attached hydrogens (tertiary/aromatic N) is 4. The minimum Gasteiger partial charge on any atom is -0.490 e. The first-order valence-corrected chi connectivity index (χ1v) is 16.6. The molecule has 0 saturated carbocycles. The number of carbonyl (C=O) groups excluding carboxylic acids is 1. The number of benzene rings is 3. The Balaban J connectivity index is 1.05. The molecule has 0 aromatic heterocycles. The van der Waals surface area contributed by atoms with Gasteiger partial charge in [-0.05, 0) is 73.0 Å². The number of likely N-dealkylation sites (N-methyl/N-ethyl adjacent to an activating group) is 1. The summed E-state index contributed by atoms with van der Waals surface area (Å²) in [7, 11) is 2.16. The Morgan fingerprint density at radius 2 is 1.48 bits per heavy atom. The molecule has 2 fully saturated rings. The van der Waals surface area contributed by atoms with Crippen molar-refractivity contribution in [2.45, 2.75) is 30.8 Å². The van der Waals surface area contributed by atoms with Gasteiger partial charge in [-0.2, -0.15) is 0 Å². The fourth-order valence-corrected chi connectivity index (χ4v) is 6.51. The van der Waals surface area contributed by atoms with Crippen LogP contribution in [0.1, 0.15) is 51.7 Å². The number of piperidine rings is 1. The van der Waals surface area contributed by atoms with Crippen LogP contribution in [0.15, 0.2) is 108 Å². The van der Waals surface area contributed by atoms with Crippen LogP contribution in [-0.4, -0.2) is 92.3 Å². The number of hydrogen-bond acceptors (Lipinski definition) is 5. The van der Waals surface area contributed by atoms with Crippen molar-refractivity contribution < 1.29 is 9.53 Å². The maximum absolute atomic E-state index is 13.2. The molecule has 236 valence electrons. The molecule has 4 aromatic carbocycles. The fraction of sp³-hybridized carbons (Fsp3) is 0.350. The molecular weight excluding hydrogens is 568 g/mol. The number of carbonyl (C=O) groups is 1. The van der Waals surface area contributed by atoms with Gasteiger partial charge in [0.1, 0.15) is 11.9 Å². The van der Waals surface area contributed by atoms with Gasteiger partial charge in [-0.1, -0.05) is 78.9 Å². The highest BCUT2D eigenvalue weighted by molar-refractivity contribution is 6.00. The molecule has 6 nitrogen and oxygen atoms in total. The standard InChI is InChI=1S/C40H44N4O2/c1-42-24-26-44(27-25-42)30-36(32-12-5-2-6-13-32)29-41-40(45)35-18-11-19-38(28-35)46-37-20-22-43(23-21-37)31-39(33-14-7-3-8-15-33)34-16-9-4-10-17-34/h3-5,7-19,28-29,36-37,39H,20-27,30-31H2,1H3. The normalized spacial score (nSPS) is 17.6. The predicted octanol–water partition coefficient (Wildman–Crippen LogP) is 6.20. The number of piperazine rings is 1. The molecule has 0 spiro atoms. The molecule has 1 atom stereocenters. The van der Waals surface area contributed by atoms with E-state index in [2.05, 4.69) is 99.5 Å². The summed E-state index contributed by atoms with van der Waals surface area (Å²) < 4.78 is 6.42. The zero-order valence-corrected chi connectivity index (χ0v) is 26.8. The summed E-state index contributed by atoms with van der Waals surface area (Å²) in [5.74, 6) is 0.824. The zero-order valence-electron chi connectivity index (χ0n) is 26.8. The third-order valence-corrected chi connectivity index (χ3v) is 9.29. The molecule has 2 saturated heterocycles. The van der Waals surface area contributed by atoms with Gasteiger partial charge in [0.05, 0.1) is 0 Å². The summed E-state index contributed by atoms with van der Waals surface area (Å²) in [5.41, 5.74) is 4.34. The molecule has 2 aliphatic rings. The van der Waals surface area contributed by atoms with Gasteiger partial charge in [0, 0.05) is 76.0 Å². The number of amides is 1. The van der Waals surface area contributed by atoms with E-state index in [1.165, 1.54) is 11.1 Å². The summed E-state index contributed by atoms with van der Waals surface area (Å²) in [6.07, 6.45) is 3.83. The lowest BCUT2D eigenvalue weighted by Gasteiger charge is -2.34. The van der Waals surface area contributed by atoms with Crippen molar-refractivity contribution in [1.29, 1.82) is 0 Å². The van der Waals surface area contributed by atoms with E-state index in [1.54, 1.807) is 0 Å². The largest absolute Gasteiger partial charge is 0.490 e. The molecule has 4 aromatic rings. The highest BCUT2D eigenvalue weighted by Crippen LogP contribution is 2.28. The summed E-state index contributed by atoms with van der Waals surface area (Å²) in [6, 6.07) is 41.0. The zero-order chi connectivity index (χ0) is 31.6. The van der Waals surface area contributed by atoms with Crippen LogP contribution < -0.4 is 4.74 Å². The third kappa shape index (κ3) is 8.70. The molecule has 6 heteroatoms. The molecule has 6 rings (SSSR count). The predicted molar refractivity (Wildman–Crippen MR) is 185 cm³/mol. The van der Waals surface area contributed by atoms with E-state index in [0.717, 1.165) is 76.5 Å².